The van der Waals surface area contributed by atoms with Crippen molar-refractivity contribution in [3.8, 4) is 5.13 Å². The average Bonchev–Trinajstić information content (AvgIpc) is 3.10. The van der Waals surface area contributed by atoms with Gasteiger partial charge in [0.15, 0.2) is 5.69 Å². The molecule has 20 heavy (non-hydrogen) atoms. The molecule has 0 unspecified atom stereocenters. The molecule has 0 aromatic carbocycles. The van der Waals surface area contributed by atoms with Crippen molar-refractivity contribution in [1.29, 1.82) is 0 Å². The molecule has 0 aliphatic rings. The predicted octanol–water partition coefficient (Wildman–Crippen LogP) is 1.78. The van der Waals surface area contributed by atoms with Crippen LogP contribution < -0.4 is 0 Å². The molecular weight excluding hydrogens is 298 g/mol. The molecule has 0 amide bonds. The molecule has 9 heteroatoms. The van der Waals surface area contributed by atoms with Crippen LogP contribution in [-0.2, 0) is 6.42 Å². The van der Waals surface area contributed by atoms with Crippen LogP contribution in [0.2, 0.25) is 0 Å². The summed E-state index contributed by atoms with van der Waals surface area (Å²) in [6.07, 6.45) is 0.449. The van der Waals surface area contributed by atoms with Crippen LogP contribution in [0.25, 0.3) is 5.13 Å². The zero-order valence-corrected chi connectivity index (χ0v) is 12.0. The monoisotopic (exact) mass is 307 g/mol. The summed E-state index contributed by atoms with van der Waals surface area (Å²) >= 11 is 2.90. The molecule has 0 aliphatic carbocycles. The number of thiophene rings is 1. The first kappa shape index (κ1) is 12.9. The van der Waals surface area contributed by atoms with Crippen molar-refractivity contribution < 1.29 is 9.90 Å². The van der Waals surface area contributed by atoms with Gasteiger partial charge in [-0.15, -0.1) is 26.6 Å². The maximum Gasteiger partial charge on any atom is 0.358 e. The molecule has 3 aromatic heterocycles. The summed E-state index contributed by atoms with van der Waals surface area (Å²) in [7, 11) is 0. The Labute approximate surface area is 121 Å². The summed E-state index contributed by atoms with van der Waals surface area (Å²) in [6.45, 7) is 1.83. The van der Waals surface area contributed by atoms with Crippen LogP contribution in [0.15, 0.2) is 17.5 Å². The molecule has 7 nitrogen and oxygen atoms in total. The zero-order valence-electron chi connectivity index (χ0n) is 10.3. The van der Waals surface area contributed by atoms with E-state index in [4.69, 9.17) is 0 Å². The molecule has 0 fully saturated rings. The molecule has 3 rings (SSSR count). The van der Waals surface area contributed by atoms with E-state index >= 15 is 0 Å². The first-order chi connectivity index (χ1) is 9.65. The van der Waals surface area contributed by atoms with E-state index in [-0.39, 0.29) is 5.69 Å². The van der Waals surface area contributed by atoms with Crippen molar-refractivity contribution in [2.75, 3.05) is 0 Å². The minimum Gasteiger partial charge on any atom is -0.476 e. The molecule has 0 spiro atoms. The Morgan fingerprint density at radius 2 is 2.25 bits per heavy atom. The highest BCUT2D eigenvalue weighted by molar-refractivity contribution is 7.13. The number of aromatic carboxylic acids is 1. The fourth-order valence-corrected chi connectivity index (χ4v) is 3.10. The number of carbonyl (C=O) groups is 1. The van der Waals surface area contributed by atoms with Crippen LogP contribution in [-0.4, -0.2) is 36.3 Å². The van der Waals surface area contributed by atoms with Crippen molar-refractivity contribution in [2.24, 2.45) is 0 Å². The predicted molar refractivity (Wildman–Crippen MR) is 73.6 cm³/mol. The van der Waals surface area contributed by atoms with Gasteiger partial charge in [-0.1, -0.05) is 22.6 Å². The molecule has 0 radical (unpaired) electrons. The molecule has 0 bridgehead atoms. The van der Waals surface area contributed by atoms with Crippen molar-refractivity contribution in [3.05, 3.63) is 38.8 Å². The Hall–Kier alpha value is -2.13. The lowest BCUT2D eigenvalue weighted by Gasteiger charge is -2.01. The van der Waals surface area contributed by atoms with E-state index in [1.807, 2.05) is 24.4 Å². The number of hydrogen-bond acceptors (Lipinski definition) is 7. The summed E-state index contributed by atoms with van der Waals surface area (Å²) in [4.78, 5) is 12.3. The largest absolute Gasteiger partial charge is 0.476 e. The molecule has 102 valence electrons. The third-order valence-corrected chi connectivity index (χ3v) is 4.27. The van der Waals surface area contributed by atoms with E-state index in [1.54, 1.807) is 11.3 Å². The number of aromatic nitrogens is 5. The van der Waals surface area contributed by atoms with Crippen molar-refractivity contribution in [3.63, 3.8) is 0 Å². The van der Waals surface area contributed by atoms with Crippen LogP contribution in [0.1, 0.15) is 26.1 Å². The number of carboxylic acids is 1. The second-order valence-corrected chi connectivity index (χ2v) is 6.15. The maximum atomic E-state index is 11.3. The molecule has 1 N–H and O–H groups in total. The van der Waals surface area contributed by atoms with Gasteiger partial charge in [-0.25, -0.2) is 4.79 Å². The summed E-state index contributed by atoms with van der Waals surface area (Å²) in [5.41, 5.74) is 0.461. The van der Waals surface area contributed by atoms with E-state index < -0.39 is 5.97 Å². The van der Waals surface area contributed by atoms with E-state index in [1.165, 1.54) is 16.0 Å². The molecule has 3 heterocycles. The van der Waals surface area contributed by atoms with Gasteiger partial charge in [0.2, 0.25) is 5.13 Å². The lowest BCUT2D eigenvalue weighted by molar-refractivity contribution is 0.0689. The molecule has 0 atom stereocenters. The fourth-order valence-electron chi connectivity index (χ4n) is 1.73. The summed E-state index contributed by atoms with van der Waals surface area (Å²) in [5, 5.41) is 28.0. The first-order valence-electron chi connectivity index (χ1n) is 5.66. The zero-order chi connectivity index (χ0) is 14.1. The average molecular weight is 307 g/mol. The van der Waals surface area contributed by atoms with Crippen molar-refractivity contribution >= 4 is 28.6 Å². The number of nitrogens with zero attached hydrogens (tertiary/aromatic N) is 5. The van der Waals surface area contributed by atoms with E-state index in [9.17, 15) is 9.90 Å². The SMILES string of the molecule is Cc1nnc(-n2nnc(C(=O)O)c2Cc2cccs2)s1. The standard InChI is InChI=1S/C11H9N5O2S2/c1-6-12-14-11(20-6)16-8(5-7-3-2-4-19-7)9(10(17)18)13-15-16/h2-4H,5H2,1H3,(H,17,18). The molecule has 0 saturated heterocycles. The highest BCUT2D eigenvalue weighted by atomic mass is 32.1. The minimum atomic E-state index is -1.09. The van der Waals surface area contributed by atoms with E-state index in [0.29, 0.717) is 17.2 Å². The molecule has 0 aliphatic heterocycles. The number of hydrogen-bond donors (Lipinski definition) is 1. The van der Waals surface area contributed by atoms with Gasteiger partial charge in [-0.05, 0) is 18.4 Å². The second kappa shape index (κ2) is 5.10. The van der Waals surface area contributed by atoms with Gasteiger partial charge in [-0.2, -0.15) is 4.68 Å². The van der Waals surface area contributed by atoms with Gasteiger partial charge in [0.1, 0.15) is 5.01 Å². The smallest absolute Gasteiger partial charge is 0.358 e. The Morgan fingerprint density at radius 3 is 2.85 bits per heavy atom. The fraction of sp³-hybridized carbons (Fsp3) is 0.182. The van der Waals surface area contributed by atoms with Crippen LogP contribution in [0.3, 0.4) is 0 Å². The third-order valence-electron chi connectivity index (χ3n) is 2.58. The first-order valence-corrected chi connectivity index (χ1v) is 7.35. The Kier molecular flexibility index (Phi) is 3.28. The van der Waals surface area contributed by atoms with Gasteiger partial charge >= 0.3 is 5.97 Å². The van der Waals surface area contributed by atoms with Gasteiger partial charge in [0.25, 0.3) is 0 Å². The van der Waals surface area contributed by atoms with Crippen LogP contribution in [0.4, 0.5) is 0 Å². The number of carboxylic acid groups (broad SMARTS) is 1. The quantitative estimate of drug-likeness (QED) is 0.789. The van der Waals surface area contributed by atoms with Gasteiger partial charge < -0.3 is 5.11 Å². The van der Waals surface area contributed by atoms with Crippen molar-refractivity contribution in [1.82, 2.24) is 25.2 Å². The lowest BCUT2D eigenvalue weighted by atomic mass is 10.2. The highest BCUT2D eigenvalue weighted by Gasteiger charge is 2.22. The van der Waals surface area contributed by atoms with Gasteiger partial charge in [0.05, 0.1) is 5.69 Å². The normalized spacial score (nSPS) is 10.8. The molecule has 0 saturated carbocycles. The minimum absolute atomic E-state index is 0.0498. The maximum absolute atomic E-state index is 11.3. The Morgan fingerprint density at radius 1 is 1.40 bits per heavy atom. The van der Waals surface area contributed by atoms with E-state index in [0.717, 1.165) is 9.88 Å². The summed E-state index contributed by atoms with van der Waals surface area (Å²) in [5.74, 6) is -1.09. The Bertz CT molecular complexity index is 747. The molecular formula is C11H9N5O2S2. The lowest BCUT2D eigenvalue weighted by Crippen LogP contribution is -2.07. The topological polar surface area (TPSA) is 93.8 Å². The third kappa shape index (κ3) is 2.32. The van der Waals surface area contributed by atoms with Crippen LogP contribution >= 0.6 is 22.7 Å². The van der Waals surface area contributed by atoms with Crippen LogP contribution in [0, 0.1) is 6.92 Å². The van der Waals surface area contributed by atoms with Crippen molar-refractivity contribution in [2.45, 2.75) is 13.3 Å². The Balaban J connectivity index is 2.08. The number of rotatable bonds is 4. The van der Waals surface area contributed by atoms with Gasteiger partial charge in [0, 0.05) is 11.3 Å². The highest BCUT2D eigenvalue weighted by Crippen LogP contribution is 2.21. The van der Waals surface area contributed by atoms with E-state index in [2.05, 4.69) is 20.5 Å². The van der Waals surface area contributed by atoms with Gasteiger partial charge in [-0.3, -0.25) is 0 Å². The summed E-state index contributed by atoms with van der Waals surface area (Å²) in [6, 6.07) is 3.86. The van der Waals surface area contributed by atoms with Crippen LogP contribution in [0.5, 0.6) is 0 Å². The number of aryl methyl sites for hydroxylation is 1. The second-order valence-electron chi connectivity index (χ2n) is 3.96. The molecule has 3 aromatic rings. The summed E-state index contributed by atoms with van der Waals surface area (Å²) < 4.78 is 1.45.